The number of rotatable bonds is 4. The molecule has 152 valence electrons. The summed E-state index contributed by atoms with van der Waals surface area (Å²) in [7, 11) is 5.02. The Kier molecular flexibility index (Phi) is 4.51. The van der Waals surface area contributed by atoms with Gasteiger partial charge < -0.3 is 24.5 Å². The maximum absolute atomic E-state index is 5.57. The Morgan fingerprint density at radius 3 is 2.47 bits per heavy atom. The minimum atomic E-state index is -0.0538. The highest BCUT2D eigenvalue weighted by Gasteiger charge is 2.27. The summed E-state index contributed by atoms with van der Waals surface area (Å²) >= 11 is 0. The van der Waals surface area contributed by atoms with E-state index in [0.29, 0.717) is 5.75 Å². The number of anilines is 1. The molecule has 5 rings (SSSR count). The number of ether oxygens (including phenoxy) is 3. The van der Waals surface area contributed by atoms with E-state index in [1.54, 1.807) is 21.3 Å². The highest BCUT2D eigenvalue weighted by molar-refractivity contribution is 5.88. The van der Waals surface area contributed by atoms with Crippen LogP contribution in [0.4, 0.5) is 5.69 Å². The van der Waals surface area contributed by atoms with Crippen molar-refractivity contribution in [2.75, 3.05) is 26.6 Å². The zero-order chi connectivity index (χ0) is 20.7. The molecule has 0 saturated heterocycles. The monoisotopic (exact) mass is 400 g/mol. The molecule has 1 aliphatic rings. The van der Waals surface area contributed by atoms with Gasteiger partial charge in [0.15, 0.2) is 11.5 Å². The summed E-state index contributed by atoms with van der Waals surface area (Å²) < 4.78 is 16.5. The fraction of sp³-hybridized carbons (Fsp3) is 0.200. The normalized spacial score (nSPS) is 15.0. The van der Waals surface area contributed by atoms with Crippen LogP contribution in [-0.4, -0.2) is 26.3 Å². The zero-order valence-electron chi connectivity index (χ0n) is 17.3. The van der Waals surface area contributed by atoms with Crippen LogP contribution in [0.5, 0.6) is 17.2 Å². The van der Waals surface area contributed by atoms with E-state index >= 15 is 0 Å². The van der Waals surface area contributed by atoms with Gasteiger partial charge in [0.1, 0.15) is 5.75 Å². The summed E-state index contributed by atoms with van der Waals surface area (Å²) in [4.78, 5) is 3.67. The molecule has 5 nitrogen and oxygen atoms in total. The van der Waals surface area contributed by atoms with E-state index in [1.807, 2.05) is 18.2 Å². The van der Waals surface area contributed by atoms with Crippen LogP contribution in [0.2, 0.25) is 0 Å². The lowest BCUT2D eigenvalue weighted by molar-refractivity contribution is 0.354. The third-order valence-corrected chi connectivity index (χ3v) is 5.86. The first kappa shape index (κ1) is 18.4. The van der Waals surface area contributed by atoms with Crippen LogP contribution in [0, 0.1) is 0 Å². The number of aromatic nitrogens is 1. The fourth-order valence-electron chi connectivity index (χ4n) is 4.33. The Bertz CT molecular complexity index is 1230. The smallest absolute Gasteiger partial charge is 0.161 e. The summed E-state index contributed by atoms with van der Waals surface area (Å²) in [6.07, 6.45) is 0.843. The van der Waals surface area contributed by atoms with Crippen molar-refractivity contribution < 1.29 is 14.2 Å². The van der Waals surface area contributed by atoms with E-state index in [0.717, 1.165) is 40.4 Å². The van der Waals surface area contributed by atoms with Gasteiger partial charge in [-0.3, -0.25) is 0 Å². The number of hydrogen-bond donors (Lipinski definition) is 2. The van der Waals surface area contributed by atoms with Gasteiger partial charge in [0.05, 0.1) is 27.4 Å². The molecule has 1 unspecified atom stereocenters. The Labute approximate surface area is 175 Å². The molecular weight excluding hydrogens is 376 g/mol. The van der Waals surface area contributed by atoms with Crippen molar-refractivity contribution in [3.05, 3.63) is 83.0 Å². The van der Waals surface area contributed by atoms with E-state index in [1.165, 1.54) is 16.5 Å². The summed E-state index contributed by atoms with van der Waals surface area (Å²) in [6, 6.07) is 20.7. The van der Waals surface area contributed by atoms with E-state index in [4.69, 9.17) is 14.2 Å². The van der Waals surface area contributed by atoms with Gasteiger partial charge in [-0.1, -0.05) is 24.3 Å². The van der Waals surface area contributed by atoms with Gasteiger partial charge in [0, 0.05) is 28.7 Å². The number of hydrogen-bond acceptors (Lipinski definition) is 4. The minimum Gasteiger partial charge on any atom is -0.497 e. The molecule has 30 heavy (non-hydrogen) atoms. The molecule has 0 spiro atoms. The lowest BCUT2D eigenvalue weighted by Gasteiger charge is -2.21. The number of para-hydroxylation sites is 1. The molecule has 1 aromatic heterocycles. The molecule has 0 amide bonds. The van der Waals surface area contributed by atoms with Crippen LogP contribution in [0.3, 0.4) is 0 Å². The topological polar surface area (TPSA) is 55.5 Å². The quantitative estimate of drug-likeness (QED) is 0.488. The maximum atomic E-state index is 5.57. The van der Waals surface area contributed by atoms with Crippen LogP contribution >= 0.6 is 0 Å². The minimum absolute atomic E-state index is 0.0538. The molecule has 0 saturated carbocycles. The Hall–Kier alpha value is -3.60. The number of methoxy groups -OCH3 is 3. The Morgan fingerprint density at radius 1 is 0.833 bits per heavy atom. The van der Waals surface area contributed by atoms with Crippen LogP contribution in [0.15, 0.2) is 60.7 Å². The van der Waals surface area contributed by atoms with E-state index < -0.39 is 0 Å². The summed E-state index contributed by atoms with van der Waals surface area (Å²) in [5.41, 5.74) is 7.04. The molecule has 2 heterocycles. The molecule has 5 heteroatoms. The van der Waals surface area contributed by atoms with Crippen molar-refractivity contribution in [1.29, 1.82) is 0 Å². The summed E-state index contributed by atoms with van der Waals surface area (Å²) in [5, 5.41) is 4.94. The molecule has 0 aliphatic carbocycles. The van der Waals surface area contributed by atoms with Crippen molar-refractivity contribution in [2.24, 2.45) is 0 Å². The highest BCUT2D eigenvalue weighted by atomic mass is 16.5. The first-order chi connectivity index (χ1) is 14.7. The lowest BCUT2D eigenvalue weighted by atomic mass is 9.97. The van der Waals surface area contributed by atoms with Gasteiger partial charge in [-0.05, 0) is 53.1 Å². The second-order valence-corrected chi connectivity index (χ2v) is 7.45. The predicted octanol–water partition coefficient (Wildman–Crippen LogP) is 5.30. The van der Waals surface area contributed by atoms with Crippen molar-refractivity contribution >= 4 is 16.6 Å². The molecule has 0 fully saturated rings. The van der Waals surface area contributed by atoms with Gasteiger partial charge in [-0.25, -0.2) is 0 Å². The largest absolute Gasteiger partial charge is 0.497 e. The second-order valence-electron chi connectivity index (χ2n) is 7.45. The van der Waals surface area contributed by atoms with Crippen molar-refractivity contribution in [2.45, 2.75) is 12.5 Å². The van der Waals surface area contributed by atoms with Gasteiger partial charge >= 0.3 is 0 Å². The average molecular weight is 400 g/mol. The van der Waals surface area contributed by atoms with Crippen LogP contribution in [0.25, 0.3) is 10.9 Å². The maximum Gasteiger partial charge on any atom is 0.161 e. The van der Waals surface area contributed by atoms with Crippen molar-refractivity contribution in [3.63, 3.8) is 0 Å². The first-order valence-electron chi connectivity index (χ1n) is 9.96. The zero-order valence-corrected chi connectivity index (χ0v) is 17.3. The van der Waals surface area contributed by atoms with Gasteiger partial charge in [-0.2, -0.15) is 0 Å². The third-order valence-electron chi connectivity index (χ3n) is 5.86. The van der Waals surface area contributed by atoms with Gasteiger partial charge in [-0.15, -0.1) is 0 Å². The van der Waals surface area contributed by atoms with Crippen molar-refractivity contribution in [3.8, 4) is 17.2 Å². The highest BCUT2D eigenvalue weighted by Crippen LogP contribution is 2.41. The van der Waals surface area contributed by atoms with Crippen LogP contribution in [0.1, 0.15) is 28.4 Å². The summed E-state index contributed by atoms with van der Waals surface area (Å²) in [5.74, 6) is 2.29. The molecule has 4 aromatic rings. The first-order valence-corrected chi connectivity index (χ1v) is 9.96. The van der Waals surface area contributed by atoms with Crippen LogP contribution < -0.4 is 19.5 Å². The molecule has 2 N–H and O–H groups in total. The Morgan fingerprint density at radius 2 is 1.67 bits per heavy atom. The number of nitrogens with one attached hydrogen (secondary N) is 2. The standard InChI is InChI=1S/C25H24N2O3/c1-28-17-9-10-21-18(14-17)19-12-15-6-4-5-7-20(15)26-24(25(19)27-21)16-8-11-22(29-2)23(13-16)30-3/h4-11,13-14,24,26-27H,12H2,1-3H3. The van der Waals surface area contributed by atoms with E-state index in [-0.39, 0.29) is 6.04 Å². The van der Waals surface area contributed by atoms with E-state index in [9.17, 15) is 0 Å². The van der Waals surface area contributed by atoms with Gasteiger partial charge in [0.25, 0.3) is 0 Å². The number of benzene rings is 3. The van der Waals surface area contributed by atoms with Crippen molar-refractivity contribution in [1.82, 2.24) is 4.98 Å². The number of H-pyrrole nitrogens is 1. The molecule has 1 aliphatic heterocycles. The van der Waals surface area contributed by atoms with Gasteiger partial charge in [0.2, 0.25) is 0 Å². The predicted molar refractivity (Wildman–Crippen MR) is 119 cm³/mol. The van der Waals surface area contributed by atoms with Crippen LogP contribution in [-0.2, 0) is 6.42 Å². The third kappa shape index (κ3) is 2.94. The summed E-state index contributed by atoms with van der Waals surface area (Å²) in [6.45, 7) is 0. The lowest BCUT2D eigenvalue weighted by Crippen LogP contribution is -2.13. The Balaban J connectivity index is 1.74. The molecule has 1 atom stereocenters. The second kappa shape index (κ2) is 7.34. The number of aromatic amines is 1. The average Bonchev–Trinajstić information content (AvgIpc) is 3.06. The van der Waals surface area contributed by atoms with E-state index in [2.05, 4.69) is 52.8 Å². The number of fused-ring (bicyclic) bond motifs is 4. The SMILES string of the molecule is COc1ccc2[nH]c3c(c2c1)Cc1ccccc1NC3c1ccc(OC)c(OC)c1. The molecule has 0 bridgehead atoms. The molecule has 3 aromatic carbocycles. The fourth-order valence-corrected chi connectivity index (χ4v) is 4.33. The molecular formula is C25H24N2O3. The molecule has 0 radical (unpaired) electrons.